The van der Waals surface area contributed by atoms with Gasteiger partial charge in [-0.3, -0.25) is 0 Å². The molecule has 1 aliphatic rings. The lowest BCUT2D eigenvalue weighted by Crippen LogP contribution is -2.24. The van der Waals surface area contributed by atoms with E-state index in [-0.39, 0.29) is 6.61 Å². The highest BCUT2D eigenvalue weighted by molar-refractivity contribution is 5.70. The summed E-state index contributed by atoms with van der Waals surface area (Å²) in [5, 5.41) is 0. The van der Waals surface area contributed by atoms with Gasteiger partial charge in [-0.05, 0) is 52.6 Å². The number of hydrogen-bond acceptors (Lipinski definition) is 3. The van der Waals surface area contributed by atoms with Gasteiger partial charge in [0.25, 0.3) is 0 Å². The molecule has 0 spiro atoms. The Morgan fingerprint density at radius 3 is 1.79 bits per heavy atom. The van der Waals surface area contributed by atoms with E-state index in [4.69, 9.17) is 9.47 Å². The van der Waals surface area contributed by atoms with Crippen molar-refractivity contribution < 1.29 is 23.0 Å². The van der Waals surface area contributed by atoms with Crippen LogP contribution in [0.3, 0.4) is 0 Å². The van der Waals surface area contributed by atoms with Crippen molar-refractivity contribution in [2.24, 2.45) is 0 Å². The lowest BCUT2D eigenvalue weighted by molar-refractivity contribution is -0.00111. The molecule has 204 valence electrons. The Morgan fingerprint density at radius 2 is 1.31 bits per heavy atom. The number of allylic oxidation sites excluding steroid dienone is 2. The standard InChI is InChI=1S/C34H36F2O3/c1-5-6-32-20-19-31(22-39-32)30-17-15-29(16-18-30)28-13-11-27(12-14-28)26-9-7-25(8-10-26)21-38-24(3)34(36)33(35)23(2)37-4/h7-18,31-32H,2-3,5-6,19-22H2,1,4H3/b34-33-. The maximum atomic E-state index is 14.0. The van der Waals surface area contributed by atoms with Crippen molar-refractivity contribution in [2.75, 3.05) is 13.7 Å². The van der Waals surface area contributed by atoms with Gasteiger partial charge in [-0.2, -0.15) is 8.78 Å². The minimum Gasteiger partial charge on any atom is -0.494 e. The molecule has 0 amide bonds. The molecule has 0 saturated carbocycles. The molecule has 0 N–H and O–H groups in total. The zero-order valence-electron chi connectivity index (χ0n) is 22.7. The molecule has 0 aliphatic carbocycles. The van der Waals surface area contributed by atoms with E-state index in [9.17, 15) is 8.78 Å². The second-order valence-corrected chi connectivity index (χ2v) is 9.88. The smallest absolute Gasteiger partial charge is 0.203 e. The van der Waals surface area contributed by atoms with E-state index in [0.29, 0.717) is 12.0 Å². The molecular formula is C34H36F2O3. The molecule has 2 atom stereocenters. The quantitative estimate of drug-likeness (QED) is 0.183. The fraction of sp³-hybridized carbons (Fsp3) is 0.294. The zero-order valence-corrected chi connectivity index (χ0v) is 22.7. The average molecular weight is 531 g/mol. The van der Waals surface area contributed by atoms with Gasteiger partial charge in [-0.25, -0.2) is 0 Å². The van der Waals surface area contributed by atoms with Crippen LogP contribution in [0.15, 0.2) is 109 Å². The number of ether oxygens (including phenoxy) is 3. The van der Waals surface area contributed by atoms with Gasteiger partial charge in [0, 0.05) is 5.92 Å². The predicted molar refractivity (Wildman–Crippen MR) is 153 cm³/mol. The van der Waals surface area contributed by atoms with E-state index in [1.54, 1.807) is 0 Å². The second kappa shape index (κ2) is 13.4. The van der Waals surface area contributed by atoms with Crippen LogP contribution in [-0.2, 0) is 20.8 Å². The minimum atomic E-state index is -1.23. The highest BCUT2D eigenvalue weighted by Crippen LogP contribution is 2.32. The van der Waals surface area contributed by atoms with Crippen molar-refractivity contribution in [3.63, 3.8) is 0 Å². The number of hydrogen-bond donors (Lipinski definition) is 0. The number of methoxy groups -OCH3 is 1. The number of halogens is 2. The Hall–Kier alpha value is -3.70. The van der Waals surface area contributed by atoms with Crippen LogP contribution in [0.1, 0.15) is 49.7 Å². The number of benzene rings is 3. The van der Waals surface area contributed by atoms with Gasteiger partial charge in [0.15, 0.2) is 11.5 Å². The van der Waals surface area contributed by atoms with Crippen LogP contribution < -0.4 is 0 Å². The van der Waals surface area contributed by atoms with Crippen molar-refractivity contribution in [3.8, 4) is 22.3 Å². The highest BCUT2D eigenvalue weighted by atomic mass is 19.2. The molecule has 1 fully saturated rings. The fourth-order valence-electron chi connectivity index (χ4n) is 4.78. The monoisotopic (exact) mass is 530 g/mol. The summed E-state index contributed by atoms with van der Waals surface area (Å²) in [5.41, 5.74) is 6.64. The molecule has 4 rings (SSSR count). The van der Waals surface area contributed by atoms with Crippen LogP contribution in [0.4, 0.5) is 8.78 Å². The van der Waals surface area contributed by atoms with Gasteiger partial charge in [-0.1, -0.05) is 99.3 Å². The zero-order chi connectivity index (χ0) is 27.8. The Kier molecular flexibility index (Phi) is 9.72. The molecule has 3 nitrogen and oxygen atoms in total. The summed E-state index contributed by atoms with van der Waals surface area (Å²) in [6.07, 6.45) is 5.10. The molecule has 2 unspecified atom stereocenters. The molecule has 5 heteroatoms. The molecule has 0 bridgehead atoms. The van der Waals surface area contributed by atoms with Crippen LogP contribution in [-0.4, -0.2) is 19.8 Å². The molecule has 3 aromatic rings. The molecule has 1 saturated heterocycles. The van der Waals surface area contributed by atoms with Crippen LogP contribution in [0.25, 0.3) is 22.3 Å². The highest BCUT2D eigenvalue weighted by Gasteiger charge is 2.22. The third-order valence-electron chi connectivity index (χ3n) is 7.21. The summed E-state index contributed by atoms with van der Waals surface area (Å²) in [7, 11) is 1.21. The van der Waals surface area contributed by atoms with Gasteiger partial charge in [0.1, 0.15) is 6.61 Å². The average Bonchev–Trinajstić information content (AvgIpc) is 2.99. The minimum absolute atomic E-state index is 0.0561. The van der Waals surface area contributed by atoms with E-state index in [1.165, 1.54) is 31.1 Å². The summed E-state index contributed by atoms with van der Waals surface area (Å²) < 4.78 is 43.8. The largest absolute Gasteiger partial charge is 0.494 e. The number of rotatable bonds is 11. The first-order valence-electron chi connectivity index (χ1n) is 13.4. The van der Waals surface area contributed by atoms with E-state index >= 15 is 0 Å². The lowest BCUT2D eigenvalue weighted by atomic mass is 9.89. The van der Waals surface area contributed by atoms with Crippen LogP contribution >= 0.6 is 0 Å². The molecular weight excluding hydrogens is 494 g/mol. The second-order valence-electron chi connectivity index (χ2n) is 9.88. The summed E-state index contributed by atoms with van der Waals surface area (Å²) in [4.78, 5) is 0. The first-order valence-corrected chi connectivity index (χ1v) is 13.4. The van der Waals surface area contributed by atoms with Crippen LogP contribution in [0.2, 0.25) is 0 Å². The van der Waals surface area contributed by atoms with Crippen LogP contribution in [0.5, 0.6) is 0 Å². The first-order chi connectivity index (χ1) is 18.9. The van der Waals surface area contributed by atoms with Gasteiger partial charge >= 0.3 is 0 Å². The topological polar surface area (TPSA) is 27.7 Å². The molecule has 3 aromatic carbocycles. The van der Waals surface area contributed by atoms with E-state index < -0.39 is 23.2 Å². The van der Waals surface area contributed by atoms with Crippen molar-refractivity contribution in [3.05, 3.63) is 120 Å². The van der Waals surface area contributed by atoms with Crippen molar-refractivity contribution in [1.29, 1.82) is 0 Å². The Balaban J connectivity index is 1.33. The molecule has 39 heavy (non-hydrogen) atoms. The molecule has 0 aromatic heterocycles. The molecule has 1 heterocycles. The maximum absolute atomic E-state index is 14.0. The van der Waals surface area contributed by atoms with Crippen molar-refractivity contribution >= 4 is 0 Å². The molecule has 1 aliphatic heterocycles. The first kappa shape index (κ1) is 28.3. The summed E-state index contributed by atoms with van der Waals surface area (Å²) >= 11 is 0. The Bertz CT molecular complexity index is 1280. The molecule has 0 radical (unpaired) electrons. The Labute approximate surface area is 230 Å². The third kappa shape index (κ3) is 7.24. The van der Waals surface area contributed by atoms with Gasteiger partial charge < -0.3 is 14.2 Å². The SMILES string of the molecule is C=C(OC)/C(F)=C(/F)C(=C)OCc1ccc(-c2ccc(-c3ccc(C4CCC(CCC)OC4)cc3)cc2)cc1. The van der Waals surface area contributed by atoms with Gasteiger partial charge in [0.2, 0.25) is 11.7 Å². The van der Waals surface area contributed by atoms with E-state index in [0.717, 1.165) is 41.7 Å². The normalized spacial score (nSPS) is 17.7. The van der Waals surface area contributed by atoms with Gasteiger partial charge in [-0.15, -0.1) is 0 Å². The van der Waals surface area contributed by atoms with Crippen molar-refractivity contribution in [2.45, 2.75) is 51.2 Å². The lowest BCUT2D eigenvalue weighted by Gasteiger charge is -2.29. The fourth-order valence-corrected chi connectivity index (χ4v) is 4.78. The summed E-state index contributed by atoms with van der Waals surface area (Å²) in [5.74, 6) is -2.80. The van der Waals surface area contributed by atoms with Crippen LogP contribution in [0, 0.1) is 0 Å². The van der Waals surface area contributed by atoms with E-state index in [2.05, 4.69) is 73.3 Å². The predicted octanol–water partition coefficient (Wildman–Crippen LogP) is 9.42. The van der Waals surface area contributed by atoms with E-state index in [1.807, 2.05) is 24.3 Å². The van der Waals surface area contributed by atoms with Crippen molar-refractivity contribution in [1.82, 2.24) is 0 Å². The summed E-state index contributed by atoms with van der Waals surface area (Å²) in [6, 6.07) is 25.0. The Morgan fingerprint density at radius 1 is 0.795 bits per heavy atom. The summed E-state index contributed by atoms with van der Waals surface area (Å²) in [6.45, 7) is 9.82. The van der Waals surface area contributed by atoms with Gasteiger partial charge in [0.05, 0.1) is 19.8 Å². The maximum Gasteiger partial charge on any atom is 0.203 e. The third-order valence-corrected chi connectivity index (χ3v) is 7.21.